The molecule has 0 heterocycles. The molecule has 0 bridgehead atoms. The van der Waals surface area contributed by atoms with Crippen LogP contribution in [0.3, 0.4) is 0 Å². The molecule has 2 N–H and O–H groups in total. The first-order valence-electron chi connectivity index (χ1n) is 8.45. The highest BCUT2D eigenvalue weighted by atomic mass is 16.5. The standard InChI is InChI=1S/C20H26N2O2/c1-4-24-17-11-9-16(10-12-17)21-14-13-20(23)22-19-8-6-5-7-18(19)15(2)3/h5-12,15,21H,4,13-14H2,1-3H3,(H,22,23). The van der Waals surface area contributed by atoms with E-state index in [2.05, 4.69) is 30.5 Å². The van der Waals surface area contributed by atoms with E-state index in [0.29, 0.717) is 25.5 Å². The van der Waals surface area contributed by atoms with Crippen LogP contribution in [-0.2, 0) is 4.79 Å². The Hall–Kier alpha value is -2.49. The van der Waals surface area contributed by atoms with Crippen molar-refractivity contribution in [2.75, 3.05) is 23.8 Å². The summed E-state index contributed by atoms with van der Waals surface area (Å²) in [7, 11) is 0. The molecule has 2 aromatic rings. The van der Waals surface area contributed by atoms with Crippen LogP contribution in [0.25, 0.3) is 0 Å². The van der Waals surface area contributed by atoms with Crippen molar-refractivity contribution in [3.05, 3.63) is 54.1 Å². The summed E-state index contributed by atoms with van der Waals surface area (Å²) in [5.74, 6) is 1.25. The number of hydrogen-bond acceptors (Lipinski definition) is 3. The second-order valence-corrected chi connectivity index (χ2v) is 5.92. The fourth-order valence-corrected chi connectivity index (χ4v) is 2.48. The van der Waals surface area contributed by atoms with Crippen LogP contribution in [0.4, 0.5) is 11.4 Å². The Morgan fingerprint density at radius 2 is 1.79 bits per heavy atom. The molecule has 0 spiro atoms. The molecule has 0 aliphatic carbocycles. The SMILES string of the molecule is CCOc1ccc(NCCC(=O)Nc2ccccc2C(C)C)cc1. The largest absolute Gasteiger partial charge is 0.494 e. The number of ether oxygens (including phenoxy) is 1. The summed E-state index contributed by atoms with van der Waals surface area (Å²) >= 11 is 0. The number of anilines is 2. The first kappa shape index (κ1) is 17.9. The van der Waals surface area contributed by atoms with Gasteiger partial charge in [0.1, 0.15) is 5.75 Å². The first-order valence-corrected chi connectivity index (χ1v) is 8.45. The monoisotopic (exact) mass is 326 g/mol. The number of para-hydroxylation sites is 1. The molecular formula is C20H26N2O2. The second-order valence-electron chi connectivity index (χ2n) is 5.92. The molecule has 0 radical (unpaired) electrons. The number of rotatable bonds is 8. The molecule has 4 heteroatoms. The van der Waals surface area contributed by atoms with Crippen molar-refractivity contribution in [3.8, 4) is 5.75 Å². The minimum Gasteiger partial charge on any atom is -0.494 e. The highest BCUT2D eigenvalue weighted by molar-refractivity contribution is 5.91. The van der Waals surface area contributed by atoms with Crippen molar-refractivity contribution in [2.45, 2.75) is 33.1 Å². The third-order valence-electron chi connectivity index (χ3n) is 3.70. The summed E-state index contributed by atoms with van der Waals surface area (Å²) in [5.41, 5.74) is 3.04. The van der Waals surface area contributed by atoms with Crippen LogP contribution in [0.15, 0.2) is 48.5 Å². The van der Waals surface area contributed by atoms with Crippen molar-refractivity contribution >= 4 is 17.3 Å². The van der Waals surface area contributed by atoms with Gasteiger partial charge in [-0.25, -0.2) is 0 Å². The predicted octanol–water partition coefficient (Wildman–Crippen LogP) is 4.65. The Balaban J connectivity index is 1.81. The van der Waals surface area contributed by atoms with E-state index in [1.54, 1.807) is 0 Å². The lowest BCUT2D eigenvalue weighted by molar-refractivity contribution is -0.115. The van der Waals surface area contributed by atoms with Crippen molar-refractivity contribution < 1.29 is 9.53 Å². The highest BCUT2D eigenvalue weighted by Gasteiger charge is 2.08. The van der Waals surface area contributed by atoms with Gasteiger partial charge >= 0.3 is 0 Å². The van der Waals surface area contributed by atoms with E-state index in [1.165, 1.54) is 0 Å². The number of carbonyl (C=O) groups excluding carboxylic acids is 1. The van der Waals surface area contributed by atoms with Gasteiger partial charge in [0, 0.05) is 24.3 Å². The summed E-state index contributed by atoms with van der Waals surface area (Å²) in [5, 5.41) is 6.26. The second kappa shape index (κ2) is 8.96. The van der Waals surface area contributed by atoms with Gasteiger partial charge in [-0.05, 0) is 48.7 Å². The lowest BCUT2D eigenvalue weighted by Crippen LogP contribution is -2.17. The van der Waals surface area contributed by atoms with Crippen LogP contribution < -0.4 is 15.4 Å². The predicted molar refractivity (Wildman–Crippen MR) is 99.9 cm³/mol. The smallest absolute Gasteiger partial charge is 0.226 e. The van der Waals surface area contributed by atoms with E-state index in [9.17, 15) is 4.79 Å². The van der Waals surface area contributed by atoms with E-state index < -0.39 is 0 Å². The lowest BCUT2D eigenvalue weighted by atomic mass is 10.0. The van der Waals surface area contributed by atoms with Crippen LogP contribution in [0.2, 0.25) is 0 Å². The lowest BCUT2D eigenvalue weighted by Gasteiger charge is -2.14. The molecule has 2 aromatic carbocycles. The fourth-order valence-electron chi connectivity index (χ4n) is 2.48. The third kappa shape index (κ3) is 5.30. The molecule has 0 aliphatic heterocycles. The van der Waals surface area contributed by atoms with Gasteiger partial charge in [-0.3, -0.25) is 4.79 Å². The zero-order valence-corrected chi connectivity index (χ0v) is 14.6. The first-order chi connectivity index (χ1) is 11.6. The van der Waals surface area contributed by atoms with Gasteiger partial charge in [-0.1, -0.05) is 32.0 Å². The maximum atomic E-state index is 12.1. The van der Waals surface area contributed by atoms with Crippen LogP contribution in [0, 0.1) is 0 Å². The number of amides is 1. The van der Waals surface area contributed by atoms with Crippen molar-refractivity contribution in [3.63, 3.8) is 0 Å². The number of benzene rings is 2. The van der Waals surface area contributed by atoms with Crippen LogP contribution in [0.5, 0.6) is 5.75 Å². The fraction of sp³-hybridized carbons (Fsp3) is 0.350. The van der Waals surface area contributed by atoms with Crippen LogP contribution in [0.1, 0.15) is 38.7 Å². The molecule has 0 saturated carbocycles. The normalized spacial score (nSPS) is 10.5. The Bertz CT molecular complexity index is 651. The van der Waals surface area contributed by atoms with E-state index in [1.807, 2.05) is 49.4 Å². The zero-order chi connectivity index (χ0) is 17.4. The molecule has 128 valence electrons. The Morgan fingerprint density at radius 3 is 2.46 bits per heavy atom. The molecule has 0 atom stereocenters. The number of nitrogens with one attached hydrogen (secondary N) is 2. The molecular weight excluding hydrogens is 300 g/mol. The molecule has 24 heavy (non-hydrogen) atoms. The van der Waals surface area contributed by atoms with E-state index >= 15 is 0 Å². The zero-order valence-electron chi connectivity index (χ0n) is 14.6. The average molecular weight is 326 g/mol. The molecule has 0 saturated heterocycles. The van der Waals surface area contributed by atoms with Crippen molar-refractivity contribution in [2.24, 2.45) is 0 Å². The molecule has 2 rings (SSSR count). The number of hydrogen-bond donors (Lipinski definition) is 2. The molecule has 0 fully saturated rings. The molecule has 0 unspecified atom stereocenters. The summed E-state index contributed by atoms with van der Waals surface area (Å²) < 4.78 is 5.41. The third-order valence-corrected chi connectivity index (χ3v) is 3.70. The van der Waals surface area contributed by atoms with E-state index in [-0.39, 0.29) is 5.91 Å². The maximum absolute atomic E-state index is 12.1. The van der Waals surface area contributed by atoms with Gasteiger partial charge in [0.15, 0.2) is 0 Å². The van der Waals surface area contributed by atoms with Gasteiger partial charge in [0.2, 0.25) is 5.91 Å². The van der Waals surface area contributed by atoms with Crippen molar-refractivity contribution in [1.29, 1.82) is 0 Å². The molecule has 0 aromatic heterocycles. The Kier molecular flexibility index (Phi) is 6.67. The minimum atomic E-state index is 0.0153. The topological polar surface area (TPSA) is 50.4 Å². The van der Waals surface area contributed by atoms with Crippen LogP contribution in [-0.4, -0.2) is 19.1 Å². The summed E-state index contributed by atoms with van der Waals surface area (Å²) in [6.07, 6.45) is 0.416. The quantitative estimate of drug-likeness (QED) is 0.742. The van der Waals surface area contributed by atoms with Gasteiger partial charge in [0.25, 0.3) is 0 Å². The molecule has 1 amide bonds. The Labute approximate surface area is 144 Å². The summed E-state index contributed by atoms with van der Waals surface area (Å²) in [6.45, 7) is 7.45. The van der Waals surface area contributed by atoms with Gasteiger partial charge < -0.3 is 15.4 Å². The maximum Gasteiger partial charge on any atom is 0.226 e. The van der Waals surface area contributed by atoms with Crippen molar-refractivity contribution in [1.82, 2.24) is 0 Å². The minimum absolute atomic E-state index is 0.0153. The summed E-state index contributed by atoms with van der Waals surface area (Å²) in [4.78, 5) is 12.1. The van der Waals surface area contributed by atoms with E-state index in [0.717, 1.165) is 22.7 Å². The van der Waals surface area contributed by atoms with Gasteiger partial charge in [-0.15, -0.1) is 0 Å². The number of carbonyl (C=O) groups is 1. The highest BCUT2D eigenvalue weighted by Crippen LogP contribution is 2.23. The average Bonchev–Trinajstić information content (AvgIpc) is 2.57. The summed E-state index contributed by atoms with van der Waals surface area (Å²) in [6, 6.07) is 15.7. The Morgan fingerprint density at radius 1 is 1.08 bits per heavy atom. The van der Waals surface area contributed by atoms with Crippen LogP contribution >= 0.6 is 0 Å². The van der Waals surface area contributed by atoms with Gasteiger partial charge in [-0.2, -0.15) is 0 Å². The molecule has 4 nitrogen and oxygen atoms in total. The molecule has 0 aliphatic rings. The van der Waals surface area contributed by atoms with Gasteiger partial charge in [0.05, 0.1) is 6.61 Å². The van der Waals surface area contributed by atoms with E-state index in [4.69, 9.17) is 4.74 Å².